The van der Waals surface area contributed by atoms with Crippen LogP contribution in [0.15, 0.2) is 47.6 Å². The molecule has 0 aliphatic carbocycles. The van der Waals surface area contributed by atoms with Crippen LogP contribution in [0.5, 0.6) is 0 Å². The van der Waals surface area contributed by atoms with Gasteiger partial charge >= 0.3 is 5.97 Å². The second kappa shape index (κ2) is 6.71. The van der Waals surface area contributed by atoms with Gasteiger partial charge in [-0.15, -0.1) is 0 Å². The molecule has 4 rings (SSSR count). The van der Waals surface area contributed by atoms with Gasteiger partial charge in [0, 0.05) is 24.0 Å². The number of esters is 1. The molecule has 1 aliphatic rings. The van der Waals surface area contributed by atoms with Gasteiger partial charge in [0.15, 0.2) is 0 Å². The van der Waals surface area contributed by atoms with Gasteiger partial charge in [-0.3, -0.25) is 4.72 Å². The van der Waals surface area contributed by atoms with Crippen LogP contribution in [0.4, 0.5) is 5.82 Å². The predicted octanol–water partition coefficient (Wildman–Crippen LogP) is 2.26. The summed E-state index contributed by atoms with van der Waals surface area (Å²) in [6, 6.07) is 7.79. The average molecular weight is 399 g/mol. The fourth-order valence-electron chi connectivity index (χ4n) is 2.87. The highest BCUT2D eigenvalue weighted by Crippen LogP contribution is 2.29. The number of nitrogens with zero attached hydrogens (tertiary/aromatic N) is 4. The van der Waals surface area contributed by atoms with Gasteiger partial charge in [0.05, 0.1) is 16.2 Å². The molecule has 9 nitrogen and oxygen atoms in total. The summed E-state index contributed by atoms with van der Waals surface area (Å²) in [5, 5.41) is 4.43. The van der Waals surface area contributed by atoms with Crippen LogP contribution in [0.2, 0.25) is 0 Å². The highest BCUT2D eigenvalue weighted by molar-refractivity contribution is 7.92. The maximum atomic E-state index is 13.1. The minimum Gasteiger partial charge on any atom is -0.457 e. The molecule has 1 aromatic carbocycles. The van der Waals surface area contributed by atoms with E-state index in [0.29, 0.717) is 11.3 Å². The lowest BCUT2D eigenvalue weighted by atomic mass is 10.1. The molecule has 0 saturated carbocycles. The second-order valence-corrected chi connectivity index (χ2v) is 8.18. The Bertz CT molecular complexity index is 1160. The first-order chi connectivity index (χ1) is 13.4. The van der Waals surface area contributed by atoms with Crippen LogP contribution in [0.3, 0.4) is 0 Å². The molecule has 144 valence electrons. The van der Waals surface area contributed by atoms with Crippen molar-refractivity contribution in [3.8, 4) is 5.95 Å². The third-order valence-electron chi connectivity index (χ3n) is 4.29. The molecule has 0 unspecified atom stereocenters. The largest absolute Gasteiger partial charge is 0.457 e. The van der Waals surface area contributed by atoms with Crippen LogP contribution < -0.4 is 4.72 Å². The monoisotopic (exact) mass is 399 g/mol. The zero-order chi connectivity index (χ0) is 19.9. The number of nitrogens with one attached hydrogen (secondary N) is 1. The summed E-state index contributed by atoms with van der Waals surface area (Å²) < 4.78 is 35.0. The molecule has 28 heavy (non-hydrogen) atoms. The molecule has 0 bridgehead atoms. The van der Waals surface area contributed by atoms with Gasteiger partial charge in [0.1, 0.15) is 12.4 Å². The molecule has 2 aromatic heterocycles. The average Bonchev–Trinajstić information content (AvgIpc) is 3.26. The Kier molecular flexibility index (Phi) is 4.34. The quantitative estimate of drug-likeness (QED) is 0.654. The Balaban J connectivity index is 1.78. The Morgan fingerprint density at radius 3 is 2.64 bits per heavy atom. The molecule has 10 heteroatoms. The number of hydrogen-bond acceptors (Lipinski definition) is 7. The van der Waals surface area contributed by atoms with E-state index >= 15 is 0 Å². The Hall–Kier alpha value is -3.27. The van der Waals surface area contributed by atoms with Crippen LogP contribution in [0, 0.1) is 0 Å². The van der Waals surface area contributed by atoms with E-state index in [0.717, 1.165) is 0 Å². The van der Waals surface area contributed by atoms with E-state index in [-0.39, 0.29) is 34.7 Å². The minimum absolute atomic E-state index is 0.0105. The van der Waals surface area contributed by atoms with E-state index in [1.54, 1.807) is 30.6 Å². The fraction of sp³-hybridized carbons (Fsp3) is 0.222. The molecular formula is C18H17N5O4S. The number of benzene rings is 1. The third-order valence-corrected chi connectivity index (χ3v) is 5.73. The molecular weight excluding hydrogens is 382 g/mol. The number of cyclic esters (lactones) is 1. The molecule has 3 heterocycles. The van der Waals surface area contributed by atoms with Crippen LogP contribution in [0.25, 0.3) is 5.95 Å². The van der Waals surface area contributed by atoms with Crippen molar-refractivity contribution in [1.29, 1.82) is 0 Å². The number of aromatic nitrogens is 4. The Morgan fingerprint density at radius 1 is 1.18 bits per heavy atom. The van der Waals surface area contributed by atoms with Gasteiger partial charge in [-0.1, -0.05) is 19.9 Å². The standard InChI is InChI=1S/C18H17N5O4S/c1-11(2)14-9-16(23(21-14)18-19-7-4-8-20-18)22-28(25,26)15-6-3-5-12-13(15)10-27-17(12)24/h3-9,11,22H,10H2,1-2H3. The number of carbonyl (C=O) groups is 1. The van der Waals surface area contributed by atoms with Crippen molar-refractivity contribution in [2.45, 2.75) is 31.3 Å². The Morgan fingerprint density at radius 2 is 1.93 bits per heavy atom. The van der Waals surface area contributed by atoms with E-state index in [2.05, 4.69) is 19.8 Å². The van der Waals surface area contributed by atoms with Gasteiger partial charge in [-0.05, 0) is 24.1 Å². The van der Waals surface area contributed by atoms with E-state index in [1.807, 2.05) is 13.8 Å². The van der Waals surface area contributed by atoms with Gasteiger partial charge in [-0.2, -0.15) is 9.78 Å². The minimum atomic E-state index is -4.00. The summed E-state index contributed by atoms with van der Waals surface area (Å²) in [4.78, 5) is 20.0. The lowest BCUT2D eigenvalue weighted by molar-refractivity contribution is 0.0534. The summed E-state index contributed by atoms with van der Waals surface area (Å²) in [5.74, 6) is -0.0151. The fourth-order valence-corrected chi connectivity index (χ4v) is 4.15. The lowest BCUT2D eigenvalue weighted by Crippen LogP contribution is -2.18. The maximum Gasteiger partial charge on any atom is 0.338 e. The number of carbonyl (C=O) groups excluding carboxylic acids is 1. The second-order valence-electron chi connectivity index (χ2n) is 6.53. The van der Waals surface area contributed by atoms with E-state index in [9.17, 15) is 13.2 Å². The summed E-state index contributed by atoms with van der Waals surface area (Å²) in [6.45, 7) is 3.82. The van der Waals surface area contributed by atoms with Crippen molar-refractivity contribution in [3.63, 3.8) is 0 Å². The Labute approximate surface area is 161 Å². The van der Waals surface area contributed by atoms with Crippen molar-refractivity contribution in [1.82, 2.24) is 19.7 Å². The van der Waals surface area contributed by atoms with Crippen molar-refractivity contribution < 1.29 is 17.9 Å². The highest BCUT2D eigenvalue weighted by atomic mass is 32.2. The molecule has 0 fully saturated rings. The van der Waals surface area contributed by atoms with Crippen LogP contribution >= 0.6 is 0 Å². The number of fused-ring (bicyclic) bond motifs is 1. The molecule has 0 saturated heterocycles. The summed E-state index contributed by atoms with van der Waals surface area (Å²) in [5.41, 5.74) is 1.28. The normalized spacial score (nSPS) is 13.5. The molecule has 1 N–H and O–H groups in total. The van der Waals surface area contributed by atoms with E-state index in [4.69, 9.17) is 4.74 Å². The van der Waals surface area contributed by atoms with E-state index < -0.39 is 16.0 Å². The first kappa shape index (κ1) is 18.1. The summed E-state index contributed by atoms with van der Waals surface area (Å²) in [7, 11) is -4.00. The maximum absolute atomic E-state index is 13.1. The summed E-state index contributed by atoms with van der Waals surface area (Å²) in [6.07, 6.45) is 3.09. The number of anilines is 1. The van der Waals surface area contributed by atoms with Crippen molar-refractivity contribution in [2.75, 3.05) is 4.72 Å². The first-order valence-corrected chi connectivity index (χ1v) is 10.0. The molecule has 0 radical (unpaired) electrons. The highest BCUT2D eigenvalue weighted by Gasteiger charge is 2.30. The molecule has 0 spiro atoms. The van der Waals surface area contributed by atoms with Crippen LogP contribution in [-0.2, 0) is 21.4 Å². The predicted molar refractivity (Wildman–Crippen MR) is 99.6 cm³/mol. The van der Waals surface area contributed by atoms with Crippen LogP contribution in [-0.4, -0.2) is 34.1 Å². The van der Waals surface area contributed by atoms with Crippen molar-refractivity contribution in [2.24, 2.45) is 0 Å². The van der Waals surface area contributed by atoms with Crippen LogP contribution in [0.1, 0.15) is 41.4 Å². The molecule has 3 aromatic rings. The zero-order valence-corrected chi connectivity index (χ0v) is 16.0. The summed E-state index contributed by atoms with van der Waals surface area (Å²) >= 11 is 0. The van der Waals surface area contributed by atoms with E-state index in [1.165, 1.54) is 16.8 Å². The molecule has 1 aliphatic heterocycles. The number of hydrogen-bond donors (Lipinski definition) is 1. The van der Waals surface area contributed by atoms with Crippen molar-refractivity contribution >= 4 is 21.8 Å². The zero-order valence-electron chi connectivity index (χ0n) is 15.2. The molecule has 0 amide bonds. The third kappa shape index (κ3) is 3.11. The number of rotatable bonds is 5. The van der Waals surface area contributed by atoms with Gasteiger partial charge in [0.25, 0.3) is 16.0 Å². The van der Waals surface area contributed by atoms with Crippen molar-refractivity contribution in [3.05, 3.63) is 59.5 Å². The lowest BCUT2D eigenvalue weighted by Gasteiger charge is -2.11. The first-order valence-electron chi connectivity index (χ1n) is 8.56. The number of sulfonamides is 1. The smallest absolute Gasteiger partial charge is 0.338 e. The topological polar surface area (TPSA) is 116 Å². The number of ether oxygens (including phenoxy) is 1. The van der Waals surface area contributed by atoms with Gasteiger partial charge in [-0.25, -0.2) is 23.2 Å². The SMILES string of the molecule is CC(C)c1cc(NS(=O)(=O)c2cccc3c2COC3=O)n(-c2ncccn2)n1. The molecule has 0 atom stereocenters. The van der Waals surface area contributed by atoms with Gasteiger partial charge < -0.3 is 4.74 Å². The van der Waals surface area contributed by atoms with Gasteiger partial charge in [0.2, 0.25) is 0 Å².